The second kappa shape index (κ2) is 33.0. The number of nitrogens with zero attached hydrogens (tertiary/aromatic N) is 2. The summed E-state index contributed by atoms with van der Waals surface area (Å²) >= 11 is 0. The van der Waals surface area contributed by atoms with Gasteiger partial charge < -0.3 is 4.74 Å². The van der Waals surface area contributed by atoms with Crippen molar-refractivity contribution in [1.29, 1.82) is 0 Å². The van der Waals surface area contributed by atoms with Gasteiger partial charge in [-0.2, -0.15) is 4.90 Å². The summed E-state index contributed by atoms with van der Waals surface area (Å²) in [7, 11) is 0. The van der Waals surface area contributed by atoms with Crippen molar-refractivity contribution in [3.8, 4) is 273 Å². The lowest BCUT2D eigenvalue weighted by atomic mass is 9.98. The van der Waals surface area contributed by atoms with Crippen molar-refractivity contribution >= 4 is 17.8 Å². The largest absolute Gasteiger partial charge is 0.447 e. The van der Waals surface area contributed by atoms with Crippen molar-refractivity contribution in [3.05, 3.63) is 83.6 Å². The van der Waals surface area contributed by atoms with E-state index in [1.54, 1.807) is 0 Å². The van der Waals surface area contributed by atoms with Crippen LogP contribution in [0.25, 0.3) is 11.1 Å². The van der Waals surface area contributed by atoms with Gasteiger partial charge in [0.15, 0.2) is 0 Å². The Morgan fingerprint density at radius 2 is 0.792 bits per heavy atom. The van der Waals surface area contributed by atoms with E-state index in [1.807, 2.05) is 48.5 Å². The average Bonchev–Trinajstić information content (AvgIpc) is 3.73. The number of pyridine rings is 1. The van der Waals surface area contributed by atoms with Gasteiger partial charge in [0.25, 0.3) is 5.91 Å². The van der Waals surface area contributed by atoms with Crippen LogP contribution in [0.4, 0.5) is 10.6 Å². The van der Waals surface area contributed by atoms with Crippen molar-refractivity contribution in [2.45, 2.75) is 5.92 Å². The van der Waals surface area contributed by atoms with Gasteiger partial charge in [-0.3, -0.25) is 10.2 Å². The van der Waals surface area contributed by atoms with Gasteiger partial charge >= 0.3 is 6.09 Å². The van der Waals surface area contributed by atoms with Crippen LogP contribution >= 0.6 is 0 Å². The van der Waals surface area contributed by atoms with E-state index in [0.717, 1.165) is 27.2 Å². The van der Waals surface area contributed by atoms with E-state index < -0.39 is 12.0 Å². The van der Waals surface area contributed by atoms with E-state index in [0.29, 0.717) is 0 Å². The molecule has 7 nitrogen and oxygen atoms in total. The molecule has 316 valence electrons. The molecule has 7 heteroatoms. The van der Waals surface area contributed by atoms with Crippen LogP contribution in [-0.2, 0) is 4.74 Å². The lowest BCUT2D eigenvalue weighted by Crippen LogP contribution is -2.31. The molecule has 0 saturated heterocycles. The first-order valence-electron chi connectivity index (χ1n) is 19.7. The number of terminal acetylenes is 2. The molecule has 1 aliphatic carbocycles. The van der Waals surface area contributed by atoms with E-state index in [2.05, 4.69) is 265 Å². The normalized spacial score (nSPS) is 7.25. The van der Waals surface area contributed by atoms with E-state index in [-0.39, 0.29) is 23.9 Å². The number of aromatic nitrogens is 1. The molecule has 0 unspecified atom stereocenters. The molecule has 4 rings (SSSR count). The molecule has 72 heavy (non-hydrogen) atoms. The summed E-state index contributed by atoms with van der Waals surface area (Å²) in [5.41, 5.74) is 9.60. The molecule has 3 aromatic rings. The number of fused-ring (bicyclic) bond motifs is 3. The number of hydrogen-bond donors (Lipinski definition) is 2. The first kappa shape index (κ1) is 51.1. The fourth-order valence-electron chi connectivity index (χ4n) is 4.90. The molecule has 0 bridgehead atoms. The molecule has 0 fully saturated rings. The maximum absolute atomic E-state index is 13.5. The van der Waals surface area contributed by atoms with Crippen molar-refractivity contribution in [1.82, 2.24) is 15.3 Å². The van der Waals surface area contributed by atoms with Gasteiger partial charge in [0.2, 0.25) is 0 Å². The topological polar surface area (TPSA) is 83.6 Å². The molecule has 1 aromatic heterocycles. The Hall–Kier alpha value is -13.6. The SMILES string of the molecule is C#CC#CC#CC#CC#CC#CC#CC#CC#CC#CC#CN(C#CC#CC#CC#CC#CC#CC#CC#CC#CC#CC#C)C(=O)c1ccc(NNC(=O)OCC2c3ccccc3-c3ccccc32)nc1. The second-order valence-corrected chi connectivity index (χ2v) is 11.9. The van der Waals surface area contributed by atoms with Gasteiger partial charge in [-0.1, -0.05) is 48.5 Å². The third-order valence-corrected chi connectivity index (χ3v) is 7.58. The predicted molar refractivity (Wildman–Crippen MR) is 275 cm³/mol. The summed E-state index contributed by atoms with van der Waals surface area (Å²) in [5, 5.41) is 0. The van der Waals surface area contributed by atoms with Gasteiger partial charge in [0, 0.05) is 166 Å². The Balaban J connectivity index is 1.38. The third kappa shape index (κ3) is 20.3. The average molecular weight is 903 g/mol. The number of hydrogen-bond acceptors (Lipinski definition) is 5. The fourth-order valence-corrected chi connectivity index (χ4v) is 4.90. The highest BCUT2D eigenvalue weighted by molar-refractivity contribution is 5.96. The fraction of sp³-hybridized carbons (Fsp3) is 0.0308. The minimum absolute atomic E-state index is 0.0937. The molecule has 0 radical (unpaired) electrons. The Morgan fingerprint density at radius 3 is 1.12 bits per heavy atom. The van der Waals surface area contributed by atoms with Crippen LogP contribution in [-0.4, -0.2) is 28.5 Å². The molecule has 0 spiro atoms. The first-order chi connectivity index (χ1) is 35.6. The van der Waals surface area contributed by atoms with Gasteiger partial charge in [-0.15, -0.1) is 12.8 Å². The number of carbonyl (C=O) groups excluding carboxylic acids is 2. The maximum Gasteiger partial charge on any atom is 0.426 e. The van der Waals surface area contributed by atoms with Crippen LogP contribution in [0.5, 0.6) is 0 Å². The van der Waals surface area contributed by atoms with Crippen LogP contribution < -0.4 is 10.9 Å². The number of hydrazine groups is 1. The van der Waals surface area contributed by atoms with Gasteiger partial charge in [0.1, 0.15) is 12.4 Å². The van der Waals surface area contributed by atoms with Crippen LogP contribution in [0, 0.1) is 262 Å². The zero-order valence-corrected chi connectivity index (χ0v) is 36.9. The third-order valence-electron chi connectivity index (χ3n) is 7.58. The minimum atomic E-state index is -0.723. The molecule has 1 heterocycles. The van der Waals surface area contributed by atoms with Gasteiger partial charge in [0.05, 0.1) is 5.56 Å². The van der Waals surface area contributed by atoms with Gasteiger partial charge in [-0.05, 0) is 129 Å². The predicted octanol–water partition coefficient (Wildman–Crippen LogP) is 3.64. The molecule has 0 atom stereocenters. The van der Waals surface area contributed by atoms with E-state index in [1.165, 1.54) is 18.3 Å². The first-order valence-corrected chi connectivity index (χ1v) is 19.7. The Bertz CT molecular complexity index is 3960. The quantitative estimate of drug-likeness (QED) is 0.233. The summed E-state index contributed by atoms with van der Waals surface area (Å²) in [5.74, 6) is 97.7. The molecule has 2 amide bonds. The molecule has 1 aliphatic rings. The highest BCUT2D eigenvalue weighted by atomic mass is 16.6. The molecular formula is C65H18N4O3. The number of rotatable bonds is 5. The van der Waals surface area contributed by atoms with Crippen LogP contribution in [0.3, 0.4) is 0 Å². The van der Waals surface area contributed by atoms with Crippen molar-refractivity contribution < 1.29 is 14.3 Å². The molecule has 0 saturated carbocycles. The van der Waals surface area contributed by atoms with Crippen molar-refractivity contribution in [3.63, 3.8) is 0 Å². The summed E-state index contributed by atoms with van der Waals surface area (Å²) in [6.45, 7) is 0.118. The number of anilines is 1. The number of ether oxygens (including phenoxy) is 1. The summed E-state index contributed by atoms with van der Waals surface area (Å²) in [6, 6.07) is 24.0. The zero-order valence-electron chi connectivity index (χ0n) is 36.9. The van der Waals surface area contributed by atoms with E-state index in [4.69, 9.17) is 17.6 Å². The van der Waals surface area contributed by atoms with Gasteiger partial charge in [-0.25, -0.2) is 15.2 Å². The molecule has 2 aromatic carbocycles. The Morgan fingerprint density at radius 1 is 0.458 bits per heavy atom. The highest BCUT2D eigenvalue weighted by Crippen LogP contribution is 2.44. The standard InChI is InChI=1S/C65H18N4O3/c1-3-5-7-9-11-13-15-17-19-21-23-25-27-29-31-33-35-37-39-45-53-69(54-46-40-38-36-34-32-30-28-26-24-22-20-18-16-14-12-10-8-6-4-2)64(70)57-51-52-63(66-55-57)67-68-65(71)72-56-62-60-49-43-41-47-58(60)59-48-42-44-50-61(59)62/h1-2,41-44,47-52,55,62H,56H2,(H,66,67)(H,68,71). The zero-order chi connectivity index (χ0) is 50.8. The van der Waals surface area contributed by atoms with E-state index >= 15 is 0 Å². The number of carbonyl (C=O) groups is 2. The van der Waals surface area contributed by atoms with Crippen molar-refractivity contribution in [2.75, 3.05) is 12.0 Å². The smallest absolute Gasteiger partial charge is 0.426 e. The molecular weight excluding hydrogens is 885 g/mol. The molecule has 2 N–H and O–H groups in total. The number of amides is 2. The summed E-state index contributed by atoms with van der Waals surface area (Å²) in [4.78, 5) is 31.2. The van der Waals surface area contributed by atoms with E-state index in [9.17, 15) is 9.59 Å². The van der Waals surface area contributed by atoms with Crippen LogP contribution in [0.2, 0.25) is 0 Å². The van der Waals surface area contributed by atoms with Crippen molar-refractivity contribution in [2.24, 2.45) is 0 Å². The summed E-state index contributed by atoms with van der Waals surface area (Å²) in [6.07, 6.45) is 10.5. The minimum Gasteiger partial charge on any atom is -0.447 e. The Labute approximate surface area is 420 Å². The number of nitrogens with one attached hydrogen (secondary N) is 2. The lowest BCUT2D eigenvalue weighted by molar-refractivity contribution is 0.0886. The summed E-state index contributed by atoms with van der Waals surface area (Å²) < 4.78 is 5.55. The van der Waals surface area contributed by atoms with Crippen LogP contribution in [0.15, 0.2) is 66.9 Å². The highest BCUT2D eigenvalue weighted by Gasteiger charge is 2.29. The Kier molecular flexibility index (Phi) is 23.4. The second-order valence-electron chi connectivity index (χ2n) is 11.9. The maximum atomic E-state index is 13.5. The molecule has 0 aliphatic heterocycles. The monoisotopic (exact) mass is 902 g/mol. The van der Waals surface area contributed by atoms with Crippen LogP contribution in [0.1, 0.15) is 27.4 Å². The lowest BCUT2D eigenvalue weighted by Gasteiger charge is -2.15. The number of benzene rings is 2.